The van der Waals surface area contributed by atoms with E-state index in [2.05, 4.69) is 26.7 Å². The Morgan fingerprint density at radius 2 is 0.885 bits per heavy atom. The second-order valence-corrected chi connectivity index (χ2v) is 27.2. The molecule has 2 aromatic heterocycles. The maximum absolute atomic E-state index is 13.2. The number of nitrogens with one attached hydrogen (secondary N) is 2. The molecule has 2 heterocycles. The molecule has 0 fully saturated rings. The van der Waals surface area contributed by atoms with Crippen LogP contribution in [-0.2, 0) is 54.3 Å². The molecule has 0 unspecified atom stereocenters. The lowest BCUT2D eigenvalue weighted by molar-refractivity contribution is -0.142. The predicted octanol–water partition coefficient (Wildman–Crippen LogP) is 16.2. The van der Waals surface area contributed by atoms with Crippen molar-refractivity contribution in [2.75, 3.05) is 50.2 Å². The number of aromatic nitrogens is 2. The van der Waals surface area contributed by atoms with Crippen LogP contribution in [-0.4, -0.2) is 114 Å². The third-order valence-electron chi connectivity index (χ3n) is 16.8. The van der Waals surface area contributed by atoms with Crippen molar-refractivity contribution in [2.45, 2.75) is 144 Å². The molecule has 0 saturated heterocycles. The Hall–Kier alpha value is -11.3. The van der Waals surface area contributed by atoms with E-state index in [4.69, 9.17) is 23.7 Å². The maximum atomic E-state index is 13.2. The Bertz CT molecular complexity index is 4410. The molecule has 9 rings (SSSR count). The Kier molecular flexibility index (Phi) is 29.3. The van der Waals surface area contributed by atoms with Crippen LogP contribution in [0, 0.1) is 13.8 Å². The lowest BCUT2D eigenvalue weighted by Gasteiger charge is -2.27. The zero-order chi connectivity index (χ0) is 74.2. The molecule has 3 N–H and O–H groups in total. The number of esters is 2. The fourth-order valence-electron chi connectivity index (χ4n) is 11.6. The molecule has 0 bridgehead atoms. The molecule has 0 spiro atoms. The van der Waals surface area contributed by atoms with E-state index >= 15 is 0 Å². The summed E-state index contributed by atoms with van der Waals surface area (Å²) < 4.78 is 27.2. The third kappa shape index (κ3) is 24.2. The minimum atomic E-state index is -0.704. The van der Waals surface area contributed by atoms with Gasteiger partial charge in [0.25, 0.3) is 0 Å². The number of nitrogens with zero attached hydrogens (tertiary/aromatic N) is 4. The number of anilines is 2. The van der Waals surface area contributed by atoms with E-state index in [9.17, 15) is 43.5 Å². The van der Waals surface area contributed by atoms with E-state index in [1.54, 1.807) is 72.1 Å². The Morgan fingerprint density at radius 3 is 1.31 bits per heavy atom. The van der Waals surface area contributed by atoms with Crippen LogP contribution in [0.4, 0.5) is 21.2 Å². The smallest absolute Gasteiger partial charge is 0.416 e. The zero-order valence-electron chi connectivity index (χ0n) is 60.3. The number of phenolic OH excluding ortho intramolecular Hbond substituents is 1. The molecule has 2 atom stereocenters. The van der Waals surface area contributed by atoms with Gasteiger partial charge in [0.2, 0.25) is 11.8 Å². The van der Waals surface area contributed by atoms with Crippen molar-refractivity contribution in [3.8, 4) is 33.8 Å². The van der Waals surface area contributed by atoms with Crippen molar-refractivity contribution in [3.63, 3.8) is 0 Å². The summed E-state index contributed by atoms with van der Waals surface area (Å²) in [4.78, 5) is 114. The zero-order valence-corrected chi connectivity index (χ0v) is 60.3. The van der Waals surface area contributed by atoms with Crippen molar-refractivity contribution < 1.29 is 67.1 Å². The number of Topliss-reactive ketones (excluding diaryl/α,β-unsaturated/α-hetero) is 2. The Balaban J connectivity index is 0.000000291. The van der Waals surface area contributed by atoms with E-state index in [-0.39, 0.29) is 101 Å². The van der Waals surface area contributed by atoms with Crippen LogP contribution >= 0.6 is 0 Å². The van der Waals surface area contributed by atoms with Crippen molar-refractivity contribution in [1.29, 1.82) is 0 Å². The minimum Gasteiger partial charge on any atom is -0.507 e. The number of amides is 4. The standard InChI is InChI=1S/C45H49N3O7.C38H43N3O7.CH4/c1-31-23-24-46-41(26-31)48(44(52)55-45(2,3)4)25-11-16-42(50)47-29-36(49)27-35(28-43(51)53-5)33-17-19-34(20-18-33)37-21-22-40(39-15-10-9-14-38(37)39)54-30-32-12-7-6-8-13-32;1-25-18-19-39-34(21-25)41(37(46)48-38(2,3)4)20-8-11-35(44)40-24-29(42)22-28(23-36(45)47-5)26-12-14-27(15-13-26)30-16-17-33(43)32-10-7-6-9-31(30)32;/h6-10,12-15,17-24,26,35H,11,16,25,27-30H2,1-5H3,(H,47,50);6-7,9-10,12-19,21,28,43H,8,11,20,22-24H2,1-5H3,(H,40,44);1H4/t35-;28-;/m11./s1. The second-order valence-electron chi connectivity index (χ2n) is 27.2. The van der Waals surface area contributed by atoms with E-state index in [1.807, 2.05) is 166 Å². The number of aryl methyl sites for hydroxylation is 2. The Morgan fingerprint density at radius 1 is 0.481 bits per heavy atom. The average molecular weight is 1410 g/mol. The number of carbonyl (C=O) groups is 8. The fraction of sp³-hybridized carbons (Fsp3) is 0.333. The van der Waals surface area contributed by atoms with Gasteiger partial charge in [-0.2, -0.15) is 0 Å². The maximum Gasteiger partial charge on any atom is 0.416 e. The van der Waals surface area contributed by atoms with Crippen LogP contribution in [0.25, 0.3) is 43.8 Å². The monoisotopic (exact) mass is 1410 g/mol. The number of pyridine rings is 2. The normalized spacial score (nSPS) is 11.7. The van der Waals surface area contributed by atoms with Gasteiger partial charge in [-0.1, -0.05) is 147 Å². The van der Waals surface area contributed by atoms with Crippen LogP contribution in [0.3, 0.4) is 0 Å². The molecule has 0 aliphatic rings. The first kappa shape index (κ1) is 80.0. The lowest BCUT2D eigenvalue weighted by Crippen LogP contribution is -2.38. The van der Waals surface area contributed by atoms with E-state index < -0.39 is 47.2 Å². The molecule has 546 valence electrons. The summed E-state index contributed by atoms with van der Waals surface area (Å²) >= 11 is 0. The number of fused-ring (bicyclic) bond motifs is 2. The van der Waals surface area contributed by atoms with Crippen LogP contribution in [0.2, 0.25) is 0 Å². The van der Waals surface area contributed by atoms with Crippen LogP contribution in [0.5, 0.6) is 11.5 Å². The largest absolute Gasteiger partial charge is 0.507 e. The Labute approximate surface area is 609 Å². The van der Waals surface area contributed by atoms with Gasteiger partial charge in [-0.15, -0.1) is 0 Å². The number of rotatable bonds is 29. The number of ketones is 2. The predicted molar refractivity (Wildman–Crippen MR) is 406 cm³/mol. The van der Waals surface area contributed by atoms with Crippen molar-refractivity contribution in [2.24, 2.45) is 0 Å². The number of hydrogen-bond donors (Lipinski definition) is 3. The lowest BCUT2D eigenvalue weighted by atomic mass is 9.89. The van der Waals surface area contributed by atoms with Crippen LogP contribution < -0.4 is 25.2 Å². The summed E-state index contributed by atoms with van der Waals surface area (Å²) in [6.45, 7) is 15.0. The number of methoxy groups -OCH3 is 2. The van der Waals surface area contributed by atoms with E-state index in [0.717, 1.165) is 77.4 Å². The summed E-state index contributed by atoms with van der Waals surface area (Å²) in [7, 11) is 2.63. The van der Waals surface area contributed by atoms with E-state index in [0.29, 0.717) is 31.1 Å². The summed E-state index contributed by atoms with van der Waals surface area (Å²) in [5.74, 6) is -1.00. The topological polar surface area (TPSA) is 259 Å². The molecule has 4 amide bonds. The van der Waals surface area contributed by atoms with Gasteiger partial charge < -0.3 is 39.4 Å². The van der Waals surface area contributed by atoms with Gasteiger partial charge in [-0.05, 0) is 165 Å². The molecule has 9 aromatic rings. The van der Waals surface area contributed by atoms with Gasteiger partial charge >= 0.3 is 24.1 Å². The SMILES string of the molecule is C.COC(=O)C[C@@H](CC(=O)CNC(=O)CCCN(C(=O)OC(C)(C)C)c1cc(C)ccn1)c1ccc(-c2ccc(O)c3ccccc23)cc1.COC(=O)C[C@@H](CC(=O)CNC(=O)CCCN(C(=O)OC(C)(C)C)c1cc(C)ccn1)c1ccc(-c2ccc(OCc3ccccc3)c3ccccc23)cc1. The number of benzene rings is 7. The highest BCUT2D eigenvalue weighted by Crippen LogP contribution is 2.38. The summed E-state index contributed by atoms with van der Waals surface area (Å²) in [6, 6.07) is 56.0. The molecule has 0 radical (unpaired) electrons. The second kappa shape index (κ2) is 38.1. The summed E-state index contributed by atoms with van der Waals surface area (Å²) in [5.41, 5.74) is 7.03. The summed E-state index contributed by atoms with van der Waals surface area (Å²) in [6.07, 6.45) is 3.01. The fourth-order valence-corrected chi connectivity index (χ4v) is 11.6. The van der Waals surface area contributed by atoms with Gasteiger partial charge in [0.05, 0.1) is 40.2 Å². The number of hydrogen-bond acceptors (Lipinski definition) is 16. The van der Waals surface area contributed by atoms with E-state index in [1.165, 1.54) is 24.0 Å². The number of aromatic hydroxyl groups is 1. The van der Waals surface area contributed by atoms with Crippen LogP contribution in [0.15, 0.2) is 188 Å². The van der Waals surface area contributed by atoms with Gasteiger partial charge in [0.1, 0.15) is 40.9 Å². The number of phenols is 1. The van der Waals surface area contributed by atoms with Gasteiger partial charge in [-0.3, -0.25) is 38.6 Å². The number of ether oxygens (including phenoxy) is 5. The first-order valence-electron chi connectivity index (χ1n) is 34.4. The molecule has 20 nitrogen and oxygen atoms in total. The molecule has 7 aromatic carbocycles. The molecule has 0 saturated carbocycles. The molecule has 104 heavy (non-hydrogen) atoms. The average Bonchev–Trinajstić information content (AvgIpc) is 0.788. The highest BCUT2D eigenvalue weighted by Gasteiger charge is 2.28. The van der Waals surface area contributed by atoms with Crippen molar-refractivity contribution in [3.05, 3.63) is 216 Å². The molecule has 20 heteroatoms. The number of carbonyl (C=O) groups excluding carboxylic acids is 8. The molecular weight excluding hydrogens is 1320 g/mol. The minimum absolute atomic E-state index is 0. The van der Waals surface area contributed by atoms with Gasteiger partial charge in [0.15, 0.2) is 11.6 Å². The van der Waals surface area contributed by atoms with Gasteiger partial charge in [0, 0.05) is 73.8 Å². The summed E-state index contributed by atoms with van der Waals surface area (Å²) in [5, 5.41) is 19.4. The highest BCUT2D eigenvalue weighted by atomic mass is 16.6. The van der Waals surface area contributed by atoms with Crippen molar-refractivity contribution in [1.82, 2.24) is 20.6 Å². The van der Waals surface area contributed by atoms with Crippen molar-refractivity contribution >= 4 is 80.7 Å². The van der Waals surface area contributed by atoms with Gasteiger partial charge in [-0.25, -0.2) is 19.6 Å². The molecule has 0 aliphatic carbocycles. The highest BCUT2D eigenvalue weighted by molar-refractivity contribution is 6.01. The first-order chi connectivity index (χ1) is 49.2. The quantitative estimate of drug-likeness (QED) is 0.0291. The third-order valence-corrected chi connectivity index (χ3v) is 16.8. The first-order valence-corrected chi connectivity index (χ1v) is 34.4. The molecule has 0 aliphatic heterocycles. The molecular formula is C84H96N6O14. The van der Waals surface area contributed by atoms with Crippen LogP contribution in [0.1, 0.15) is 140 Å².